The molecule has 2 heterocycles. The van der Waals surface area contributed by atoms with E-state index in [-0.39, 0.29) is 0 Å². The number of fused-ring (bicyclic) bond motifs is 2. The van der Waals surface area contributed by atoms with Crippen molar-refractivity contribution in [3.63, 3.8) is 0 Å². The van der Waals surface area contributed by atoms with Crippen molar-refractivity contribution >= 4 is 22.5 Å². The lowest BCUT2D eigenvalue weighted by Gasteiger charge is -2.21. The molecular weight excluding hydrogens is 276 g/mol. The summed E-state index contributed by atoms with van der Waals surface area (Å²) in [4.78, 5) is 4.58. The number of oxazole rings is 1. The van der Waals surface area contributed by atoms with Crippen LogP contribution in [0, 0.1) is 6.92 Å². The van der Waals surface area contributed by atoms with Crippen molar-refractivity contribution in [2.75, 3.05) is 10.4 Å². The second-order valence-electron chi connectivity index (χ2n) is 5.92. The van der Waals surface area contributed by atoms with Gasteiger partial charge in [-0.3, -0.25) is 5.01 Å². The van der Waals surface area contributed by atoms with Crippen LogP contribution in [0.5, 0.6) is 0 Å². The molecule has 0 unspecified atom stereocenters. The second-order valence-corrected chi connectivity index (χ2v) is 5.92. The molecule has 0 aliphatic carbocycles. The van der Waals surface area contributed by atoms with E-state index in [1.807, 2.05) is 31.2 Å². The van der Waals surface area contributed by atoms with Crippen molar-refractivity contribution in [2.24, 2.45) is 0 Å². The molecule has 0 bridgehead atoms. The van der Waals surface area contributed by atoms with Crippen molar-refractivity contribution in [1.82, 2.24) is 10.5 Å². The lowest BCUT2D eigenvalue weighted by molar-refractivity contribution is 0.619. The minimum absolute atomic E-state index is 0.368. The molecule has 5 heteroatoms. The highest BCUT2D eigenvalue weighted by Gasteiger charge is 2.21. The minimum atomic E-state index is 0.368. The first kappa shape index (κ1) is 13.2. The van der Waals surface area contributed by atoms with E-state index in [1.165, 1.54) is 5.56 Å². The largest absolute Gasteiger partial charge is 0.436 e. The fourth-order valence-electron chi connectivity index (χ4n) is 2.72. The third kappa shape index (κ3) is 2.02. The summed E-state index contributed by atoms with van der Waals surface area (Å²) < 4.78 is 5.90. The first-order chi connectivity index (χ1) is 10.6. The zero-order valence-electron chi connectivity index (χ0n) is 12.8. The van der Waals surface area contributed by atoms with Gasteiger partial charge in [-0.25, -0.2) is 4.98 Å². The molecule has 3 aromatic rings. The smallest absolute Gasteiger partial charge is 0.227 e. The van der Waals surface area contributed by atoms with Crippen LogP contribution >= 0.6 is 0 Å². The van der Waals surface area contributed by atoms with Crippen molar-refractivity contribution in [3.8, 4) is 11.5 Å². The average molecular weight is 294 g/mol. The Morgan fingerprint density at radius 1 is 1.14 bits per heavy atom. The normalized spacial score (nSPS) is 13.7. The van der Waals surface area contributed by atoms with Crippen LogP contribution in [0.1, 0.15) is 19.4 Å². The lowest BCUT2D eigenvalue weighted by atomic mass is 10.1. The molecule has 4 rings (SSSR count). The zero-order valence-corrected chi connectivity index (χ0v) is 12.8. The van der Waals surface area contributed by atoms with Gasteiger partial charge < -0.3 is 9.84 Å². The molecule has 1 aliphatic heterocycles. The second kappa shape index (κ2) is 4.74. The molecule has 0 saturated heterocycles. The standard InChI is InChI=1S/C17H18N4O/c1-10(2)21-15-7-5-12(9-14(15)19-20-21)17-18-13-6-4-11(3)8-16(13)22-17/h4-10,19-20H,1-3H3. The van der Waals surface area contributed by atoms with Gasteiger partial charge in [0, 0.05) is 11.6 Å². The molecule has 22 heavy (non-hydrogen) atoms. The molecular formula is C17H18N4O. The molecule has 112 valence electrons. The van der Waals surface area contributed by atoms with E-state index in [0.717, 1.165) is 28.0 Å². The summed E-state index contributed by atoms with van der Waals surface area (Å²) in [6.45, 7) is 6.33. The van der Waals surface area contributed by atoms with Crippen LogP contribution in [-0.2, 0) is 0 Å². The Morgan fingerprint density at radius 2 is 2.00 bits per heavy atom. The van der Waals surface area contributed by atoms with Gasteiger partial charge >= 0.3 is 0 Å². The van der Waals surface area contributed by atoms with Gasteiger partial charge in [-0.15, -0.1) is 5.53 Å². The van der Waals surface area contributed by atoms with Crippen molar-refractivity contribution < 1.29 is 4.42 Å². The Labute approximate surface area is 128 Å². The summed E-state index contributed by atoms with van der Waals surface area (Å²) in [5, 5.41) is 2.09. The number of hydrogen-bond acceptors (Lipinski definition) is 5. The number of anilines is 2. The Hall–Kier alpha value is -2.53. The van der Waals surface area contributed by atoms with E-state index in [9.17, 15) is 0 Å². The van der Waals surface area contributed by atoms with Crippen molar-refractivity contribution in [1.29, 1.82) is 0 Å². The zero-order chi connectivity index (χ0) is 15.3. The molecule has 2 aromatic carbocycles. The van der Waals surface area contributed by atoms with E-state index >= 15 is 0 Å². The van der Waals surface area contributed by atoms with E-state index in [1.54, 1.807) is 0 Å². The van der Waals surface area contributed by atoms with Crippen LogP contribution in [-0.4, -0.2) is 11.0 Å². The highest BCUT2D eigenvalue weighted by molar-refractivity contribution is 5.81. The van der Waals surface area contributed by atoms with Gasteiger partial charge in [0.1, 0.15) is 5.52 Å². The number of aromatic nitrogens is 1. The number of nitrogens with zero attached hydrogens (tertiary/aromatic N) is 2. The fraction of sp³-hybridized carbons (Fsp3) is 0.235. The van der Waals surface area contributed by atoms with Crippen LogP contribution in [0.25, 0.3) is 22.6 Å². The topological polar surface area (TPSA) is 53.3 Å². The van der Waals surface area contributed by atoms with Crippen LogP contribution in [0.2, 0.25) is 0 Å². The Kier molecular flexibility index (Phi) is 2.84. The highest BCUT2D eigenvalue weighted by Crippen LogP contribution is 2.35. The van der Waals surface area contributed by atoms with Crippen LogP contribution in [0.15, 0.2) is 40.8 Å². The van der Waals surface area contributed by atoms with E-state index in [4.69, 9.17) is 4.42 Å². The Morgan fingerprint density at radius 3 is 2.82 bits per heavy atom. The van der Waals surface area contributed by atoms with Gasteiger partial charge in [0.25, 0.3) is 0 Å². The quantitative estimate of drug-likeness (QED) is 0.751. The third-order valence-corrected chi connectivity index (χ3v) is 3.87. The van der Waals surface area contributed by atoms with E-state index in [2.05, 4.69) is 46.9 Å². The highest BCUT2D eigenvalue weighted by atomic mass is 16.3. The molecule has 2 N–H and O–H groups in total. The van der Waals surface area contributed by atoms with Gasteiger partial charge in [0.15, 0.2) is 5.58 Å². The van der Waals surface area contributed by atoms with Gasteiger partial charge in [0.05, 0.1) is 11.4 Å². The van der Waals surface area contributed by atoms with E-state index < -0.39 is 0 Å². The summed E-state index contributed by atoms with van der Waals surface area (Å²) in [5.41, 5.74) is 12.4. The molecule has 1 aromatic heterocycles. The van der Waals surface area contributed by atoms with Gasteiger partial charge in [-0.2, -0.15) is 0 Å². The first-order valence-corrected chi connectivity index (χ1v) is 7.44. The predicted molar refractivity (Wildman–Crippen MR) is 88.6 cm³/mol. The molecule has 1 aliphatic rings. The summed E-state index contributed by atoms with van der Waals surface area (Å²) in [6.07, 6.45) is 0. The van der Waals surface area contributed by atoms with Gasteiger partial charge in [0.2, 0.25) is 5.89 Å². The maximum absolute atomic E-state index is 5.90. The summed E-state index contributed by atoms with van der Waals surface area (Å²) in [5.74, 6) is 0.646. The van der Waals surface area contributed by atoms with Crippen LogP contribution in [0.3, 0.4) is 0 Å². The molecule has 0 spiro atoms. The van der Waals surface area contributed by atoms with Gasteiger partial charge in [-0.1, -0.05) is 6.07 Å². The Balaban J connectivity index is 1.76. The van der Waals surface area contributed by atoms with Crippen LogP contribution in [0.4, 0.5) is 11.4 Å². The number of rotatable bonds is 2. The Bertz CT molecular complexity index is 853. The predicted octanol–water partition coefficient (Wildman–Crippen LogP) is 3.86. The van der Waals surface area contributed by atoms with Crippen LogP contribution < -0.4 is 16.0 Å². The molecule has 0 amide bonds. The van der Waals surface area contributed by atoms with Crippen molar-refractivity contribution in [2.45, 2.75) is 26.8 Å². The number of hydrazine groups is 2. The fourth-order valence-corrected chi connectivity index (χ4v) is 2.72. The molecule has 5 nitrogen and oxygen atoms in total. The molecule has 0 fully saturated rings. The minimum Gasteiger partial charge on any atom is -0.436 e. The number of benzene rings is 2. The number of hydrogen-bond donors (Lipinski definition) is 2. The maximum Gasteiger partial charge on any atom is 0.227 e. The average Bonchev–Trinajstić information content (AvgIpc) is 3.09. The monoisotopic (exact) mass is 294 g/mol. The molecule has 0 radical (unpaired) electrons. The van der Waals surface area contributed by atoms with E-state index in [0.29, 0.717) is 11.9 Å². The lowest BCUT2D eigenvalue weighted by Crippen LogP contribution is -2.41. The summed E-state index contributed by atoms with van der Waals surface area (Å²) in [7, 11) is 0. The van der Waals surface area contributed by atoms with Gasteiger partial charge in [-0.05, 0) is 56.7 Å². The molecule has 0 atom stereocenters. The SMILES string of the molecule is Cc1ccc2nc(-c3ccc4c(c3)NNN4C(C)C)oc2c1. The number of nitrogens with one attached hydrogen (secondary N) is 2. The first-order valence-electron chi connectivity index (χ1n) is 7.44. The summed E-state index contributed by atoms with van der Waals surface area (Å²) in [6, 6.07) is 12.6. The molecule has 0 saturated carbocycles. The third-order valence-electron chi connectivity index (χ3n) is 3.87. The number of aryl methyl sites for hydroxylation is 1. The maximum atomic E-state index is 5.90. The summed E-state index contributed by atoms with van der Waals surface area (Å²) >= 11 is 0. The van der Waals surface area contributed by atoms with Crippen molar-refractivity contribution in [3.05, 3.63) is 42.0 Å².